The monoisotopic (exact) mass is 426 g/mol. The van der Waals surface area contributed by atoms with E-state index in [0.717, 1.165) is 50.3 Å². The molecular formula is C22H30N6O3. The van der Waals surface area contributed by atoms with E-state index in [1.54, 1.807) is 7.11 Å². The number of hydrogen-bond acceptors (Lipinski definition) is 8. The molecule has 9 nitrogen and oxygen atoms in total. The van der Waals surface area contributed by atoms with E-state index in [9.17, 15) is 4.79 Å². The maximum absolute atomic E-state index is 12.4. The third kappa shape index (κ3) is 5.81. The van der Waals surface area contributed by atoms with Gasteiger partial charge in [-0.1, -0.05) is 12.1 Å². The van der Waals surface area contributed by atoms with Crippen molar-refractivity contribution < 1.29 is 14.3 Å². The Morgan fingerprint density at radius 3 is 2.29 bits per heavy atom. The van der Waals surface area contributed by atoms with Gasteiger partial charge in [0.25, 0.3) is 0 Å². The second-order valence-corrected chi connectivity index (χ2v) is 7.77. The van der Waals surface area contributed by atoms with Gasteiger partial charge in [0, 0.05) is 32.6 Å². The molecule has 4 rings (SSSR count). The third-order valence-electron chi connectivity index (χ3n) is 5.58. The van der Waals surface area contributed by atoms with E-state index in [0.29, 0.717) is 50.3 Å². The molecule has 1 aromatic carbocycles. The van der Waals surface area contributed by atoms with Crippen LogP contribution >= 0.6 is 0 Å². The van der Waals surface area contributed by atoms with Gasteiger partial charge in [0.05, 0.1) is 26.9 Å². The molecule has 1 N–H and O–H groups in total. The third-order valence-corrected chi connectivity index (χ3v) is 5.58. The van der Waals surface area contributed by atoms with Crippen molar-refractivity contribution in [1.82, 2.24) is 20.3 Å². The molecule has 2 aromatic rings. The van der Waals surface area contributed by atoms with Crippen LogP contribution in [0, 0.1) is 0 Å². The summed E-state index contributed by atoms with van der Waals surface area (Å²) in [7, 11) is 1.64. The lowest BCUT2D eigenvalue weighted by atomic mass is 10.1. The molecule has 0 spiro atoms. The summed E-state index contributed by atoms with van der Waals surface area (Å²) in [6.45, 7) is 5.07. The average molecular weight is 427 g/mol. The summed E-state index contributed by atoms with van der Waals surface area (Å²) in [5, 5.41) is 2.96. The van der Waals surface area contributed by atoms with Crippen LogP contribution in [0.1, 0.15) is 30.7 Å². The van der Waals surface area contributed by atoms with Crippen LogP contribution in [0.5, 0.6) is 5.75 Å². The fourth-order valence-corrected chi connectivity index (χ4v) is 3.75. The van der Waals surface area contributed by atoms with Crippen molar-refractivity contribution in [3.05, 3.63) is 35.7 Å². The second kappa shape index (κ2) is 10.4. The number of amides is 1. The molecule has 1 amide bonds. The quantitative estimate of drug-likeness (QED) is 0.680. The number of aryl methyl sites for hydroxylation is 1. The van der Waals surface area contributed by atoms with Crippen LogP contribution in [0.3, 0.4) is 0 Å². The van der Waals surface area contributed by atoms with E-state index in [4.69, 9.17) is 14.5 Å². The largest absolute Gasteiger partial charge is 0.497 e. The Hall–Kier alpha value is -2.94. The first-order valence-electron chi connectivity index (χ1n) is 10.9. The minimum atomic E-state index is -0.0214. The highest BCUT2D eigenvalue weighted by Gasteiger charge is 2.21. The Labute approximate surface area is 182 Å². The molecule has 31 heavy (non-hydrogen) atoms. The Kier molecular flexibility index (Phi) is 7.14. The predicted molar refractivity (Wildman–Crippen MR) is 117 cm³/mol. The maximum Gasteiger partial charge on any atom is 0.230 e. The SMILES string of the molecule is COc1ccc(CCC(=O)NCc2nc(N3CCCC3)nc(N3CCOCC3)n2)cc1. The predicted octanol–water partition coefficient (Wildman–Crippen LogP) is 1.57. The number of anilines is 2. The van der Waals surface area contributed by atoms with E-state index in [1.165, 1.54) is 0 Å². The lowest BCUT2D eigenvalue weighted by Gasteiger charge is -2.28. The van der Waals surface area contributed by atoms with Gasteiger partial charge in [0.2, 0.25) is 17.8 Å². The Morgan fingerprint density at radius 1 is 1.00 bits per heavy atom. The fourth-order valence-electron chi connectivity index (χ4n) is 3.75. The van der Waals surface area contributed by atoms with Crippen LogP contribution in [0.25, 0.3) is 0 Å². The highest BCUT2D eigenvalue weighted by Crippen LogP contribution is 2.19. The van der Waals surface area contributed by atoms with Crippen LogP contribution in [0.4, 0.5) is 11.9 Å². The normalized spacial score (nSPS) is 16.4. The number of carbonyl (C=O) groups excluding carboxylic acids is 1. The number of hydrogen-bond donors (Lipinski definition) is 1. The first-order valence-corrected chi connectivity index (χ1v) is 10.9. The zero-order valence-corrected chi connectivity index (χ0v) is 18.0. The standard InChI is InChI=1S/C22H30N6O3/c1-30-18-7-4-17(5-8-18)6-9-20(29)23-16-19-24-21(27-10-2-3-11-27)26-22(25-19)28-12-14-31-15-13-28/h4-5,7-8H,2-3,6,9-16H2,1H3,(H,23,29). The maximum atomic E-state index is 12.4. The molecule has 3 heterocycles. The Morgan fingerprint density at radius 2 is 1.65 bits per heavy atom. The van der Waals surface area contributed by atoms with Gasteiger partial charge >= 0.3 is 0 Å². The van der Waals surface area contributed by atoms with Crippen molar-refractivity contribution in [2.75, 3.05) is 56.3 Å². The zero-order chi connectivity index (χ0) is 21.5. The van der Waals surface area contributed by atoms with Gasteiger partial charge in [0.15, 0.2) is 5.82 Å². The van der Waals surface area contributed by atoms with Crippen molar-refractivity contribution in [1.29, 1.82) is 0 Å². The lowest BCUT2D eigenvalue weighted by Crippen LogP contribution is -2.38. The summed E-state index contributed by atoms with van der Waals surface area (Å²) < 4.78 is 10.6. The van der Waals surface area contributed by atoms with E-state index < -0.39 is 0 Å². The number of methoxy groups -OCH3 is 1. The zero-order valence-electron chi connectivity index (χ0n) is 18.0. The first kappa shape index (κ1) is 21.3. The number of nitrogens with one attached hydrogen (secondary N) is 1. The van der Waals surface area contributed by atoms with Gasteiger partial charge in [-0.2, -0.15) is 15.0 Å². The van der Waals surface area contributed by atoms with Crippen molar-refractivity contribution in [3.63, 3.8) is 0 Å². The molecule has 0 unspecified atom stereocenters. The first-order chi connectivity index (χ1) is 15.2. The lowest BCUT2D eigenvalue weighted by molar-refractivity contribution is -0.121. The van der Waals surface area contributed by atoms with Crippen molar-refractivity contribution >= 4 is 17.8 Å². The minimum Gasteiger partial charge on any atom is -0.497 e. The number of aromatic nitrogens is 3. The molecule has 166 valence electrons. The number of ether oxygens (including phenoxy) is 2. The molecule has 1 aromatic heterocycles. The summed E-state index contributed by atoms with van der Waals surface area (Å²) in [4.78, 5) is 30.7. The smallest absolute Gasteiger partial charge is 0.230 e. The molecule has 0 aliphatic carbocycles. The Balaban J connectivity index is 1.37. The molecule has 0 radical (unpaired) electrons. The molecule has 0 bridgehead atoms. The highest BCUT2D eigenvalue weighted by atomic mass is 16.5. The van der Waals surface area contributed by atoms with Crippen LogP contribution < -0.4 is 19.9 Å². The van der Waals surface area contributed by atoms with Crippen molar-refractivity contribution in [2.24, 2.45) is 0 Å². The number of nitrogens with zero attached hydrogens (tertiary/aromatic N) is 5. The van der Waals surface area contributed by atoms with Gasteiger partial charge in [-0.15, -0.1) is 0 Å². The summed E-state index contributed by atoms with van der Waals surface area (Å²) in [6, 6.07) is 7.78. The summed E-state index contributed by atoms with van der Waals surface area (Å²) in [5.74, 6) is 2.76. The number of morpholine rings is 1. The number of carbonyl (C=O) groups is 1. The summed E-state index contributed by atoms with van der Waals surface area (Å²) in [6.07, 6.45) is 3.38. The van der Waals surface area contributed by atoms with Crippen LogP contribution in [-0.4, -0.2) is 67.4 Å². The molecule has 2 saturated heterocycles. The molecule has 0 saturated carbocycles. The van der Waals surface area contributed by atoms with Crippen LogP contribution in [-0.2, 0) is 22.5 Å². The van der Waals surface area contributed by atoms with Gasteiger partial charge < -0.3 is 24.6 Å². The van der Waals surface area contributed by atoms with E-state index >= 15 is 0 Å². The molecule has 9 heteroatoms. The van der Waals surface area contributed by atoms with E-state index in [1.807, 2.05) is 24.3 Å². The molecule has 2 aliphatic rings. The topological polar surface area (TPSA) is 92.7 Å². The van der Waals surface area contributed by atoms with Crippen LogP contribution in [0.15, 0.2) is 24.3 Å². The highest BCUT2D eigenvalue weighted by molar-refractivity contribution is 5.76. The molecule has 2 fully saturated rings. The summed E-state index contributed by atoms with van der Waals surface area (Å²) in [5.41, 5.74) is 1.10. The van der Waals surface area contributed by atoms with E-state index in [-0.39, 0.29) is 5.91 Å². The second-order valence-electron chi connectivity index (χ2n) is 7.77. The molecule has 2 aliphatic heterocycles. The minimum absolute atomic E-state index is 0.0214. The Bertz CT molecular complexity index is 864. The number of rotatable bonds is 8. The van der Waals surface area contributed by atoms with Gasteiger partial charge in [0.1, 0.15) is 5.75 Å². The fraction of sp³-hybridized carbons (Fsp3) is 0.545. The van der Waals surface area contributed by atoms with Gasteiger partial charge in [-0.3, -0.25) is 4.79 Å². The van der Waals surface area contributed by atoms with Crippen LogP contribution in [0.2, 0.25) is 0 Å². The summed E-state index contributed by atoms with van der Waals surface area (Å²) >= 11 is 0. The molecule has 0 atom stereocenters. The average Bonchev–Trinajstić information content (AvgIpc) is 3.37. The van der Waals surface area contributed by atoms with Crippen molar-refractivity contribution in [2.45, 2.75) is 32.2 Å². The van der Waals surface area contributed by atoms with Gasteiger partial charge in [-0.25, -0.2) is 0 Å². The number of benzene rings is 1. The van der Waals surface area contributed by atoms with Gasteiger partial charge in [-0.05, 0) is 37.0 Å². The van der Waals surface area contributed by atoms with Crippen molar-refractivity contribution in [3.8, 4) is 5.75 Å². The molecular weight excluding hydrogens is 396 g/mol. The van der Waals surface area contributed by atoms with E-state index in [2.05, 4.69) is 25.1 Å².